The van der Waals surface area contributed by atoms with E-state index in [2.05, 4.69) is 32.7 Å². The number of rotatable bonds is 7. The fraction of sp³-hybridized carbons (Fsp3) is 0.667. The molecule has 1 aliphatic carbocycles. The van der Waals surface area contributed by atoms with Gasteiger partial charge in [-0.1, -0.05) is 18.9 Å². The maximum atomic E-state index is 11.8. The number of carbonyl (C=O) groups excluding carboxylic acids is 1. The van der Waals surface area contributed by atoms with Crippen molar-refractivity contribution in [3.8, 4) is 0 Å². The number of hydrogen-bond donors (Lipinski definition) is 2. The molecule has 0 aromatic carbocycles. The van der Waals surface area contributed by atoms with Crippen molar-refractivity contribution in [3.05, 3.63) is 23.9 Å². The smallest absolute Gasteiger partial charge is 0.234 e. The molecule has 5 nitrogen and oxygen atoms in total. The van der Waals surface area contributed by atoms with Crippen molar-refractivity contribution in [1.29, 1.82) is 0 Å². The van der Waals surface area contributed by atoms with Crippen molar-refractivity contribution in [2.24, 2.45) is 5.92 Å². The molecule has 2 aliphatic rings. The van der Waals surface area contributed by atoms with E-state index in [1.165, 1.54) is 38.5 Å². The Labute approximate surface area is 138 Å². The molecule has 0 atom stereocenters. The van der Waals surface area contributed by atoms with Crippen LogP contribution in [0, 0.1) is 5.92 Å². The van der Waals surface area contributed by atoms with Crippen molar-refractivity contribution in [1.82, 2.24) is 15.6 Å². The van der Waals surface area contributed by atoms with Gasteiger partial charge in [-0.3, -0.25) is 4.79 Å². The molecule has 3 rings (SSSR count). The first-order valence-corrected chi connectivity index (χ1v) is 8.98. The molecule has 5 heteroatoms. The second-order valence-electron chi connectivity index (χ2n) is 6.78. The van der Waals surface area contributed by atoms with Gasteiger partial charge in [0.1, 0.15) is 5.82 Å². The molecule has 1 saturated heterocycles. The zero-order valence-electron chi connectivity index (χ0n) is 13.9. The summed E-state index contributed by atoms with van der Waals surface area (Å²) >= 11 is 0. The average Bonchev–Trinajstić information content (AvgIpc) is 3.40. The zero-order chi connectivity index (χ0) is 15.9. The van der Waals surface area contributed by atoms with Gasteiger partial charge in [0.15, 0.2) is 0 Å². The average molecular weight is 316 g/mol. The van der Waals surface area contributed by atoms with Crippen LogP contribution >= 0.6 is 0 Å². The number of pyridine rings is 1. The summed E-state index contributed by atoms with van der Waals surface area (Å²) in [5, 5.41) is 6.15. The zero-order valence-corrected chi connectivity index (χ0v) is 13.9. The van der Waals surface area contributed by atoms with Gasteiger partial charge in [0.2, 0.25) is 5.91 Å². The molecule has 0 unspecified atom stereocenters. The topological polar surface area (TPSA) is 57.3 Å². The number of carbonyl (C=O) groups is 1. The van der Waals surface area contributed by atoms with Crippen molar-refractivity contribution in [2.75, 3.05) is 31.1 Å². The Morgan fingerprint density at radius 2 is 1.96 bits per heavy atom. The highest BCUT2D eigenvalue weighted by molar-refractivity contribution is 5.77. The molecule has 1 aliphatic heterocycles. The first-order valence-electron chi connectivity index (χ1n) is 8.98. The summed E-state index contributed by atoms with van der Waals surface area (Å²) in [6.07, 6.45) is 9.68. The van der Waals surface area contributed by atoms with Crippen molar-refractivity contribution in [2.45, 2.75) is 45.1 Å². The normalized spacial score (nSPS) is 18.5. The first-order chi connectivity index (χ1) is 11.3. The van der Waals surface area contributed by atoms with Gasteiger partial charge < -0.3 is 15.5 Å². The maximum absolute atomic E-state index is 11.8. The Kier molecular flexibility index (Phi) is 5.86. The summed E-state index contributed by atoms with van der Waals surface area (Å²) in [6.45, 7) is 4.15. The Hall–Kier alpha value is -1.62. The lowest BCUT2D eigenvalue weighted by Crippen LogP contribution is -2.34. The third-order valence-electron chi connectivity index (χ3n) is 4.64. The van der Waals surface area contributed by atoms with Crippen LogP contribution in [0.4, 0.5) is 5.82 Å². The number of aromatic nitrogens is 1. The predicted molar refractivity (Wildman–Crippen MR) is 92.4 cm³/mol. The number of anilines is 1. The molecule has 0 spiro atoms. The van der Waals surface area contributed by atoms with Crippen molar-refractivity contribution < 1.29 is 4.79 Å². The fourth-order valence-electron chi connectivity index (χ4n) is 2.98. The van der Waals surface area contributed by atoms with E-state index >= 15 is 0 Å². The Morgan fingerprint density at radius 3 is 2.61 bits per heavy atom. The predicted octanol–water partition coefficient (Wildman–Crippen LogP) is 2.08. The second kappa shape index (κ2) is 8.29. The second-order valence-corrected chi connectivity index (χ2v) is 6.78. The third-order valence-corrected chi connectivity index (χ3v) is 4.64. The third kappa shape index (κ3) is 5.50. The van der Waals surface area contributed by atoms with Crippen LogP contribution in [0.25, 0.3) is 0 Å². The van der Waals surface area contributed by atoms with E-state index in [0.717, 1.165) is 36.9 Å². The molecular formula is C18H28N4O. The molecule has 2 heterocycles. The van der Waals surface area contributed by atoms with Crippen LogP contribution in [0.3, 0.4) is 0 Å². The van der Waals surface area contributed by atoms with E-state index in [4.69, 9.17) is 0 Å². The van der Waals surface area contributed by atoms with Crippen LogP contribution in [0.2, 0.25) is 0 Å². The van der Waals surface area contributed by atoms with Gasteiger partial charge in [-0.25, -0.2) is 4.98 Å². The molecule has 2 N–H and O–H groups in total. The van der Waals surface area contributed by atoms with Crippen LogP contribution in [0.1, 0.15) is 44.1 Å². The van der Waals surface area contributed by atoms with Crippen molar-refractivity contribution >= 4 is 11.7 Å². The molecular weight excluding hydrogens is 288 g/mol. The fourth-order valence-corrected chi connectivity index (χ4v) is 2.98. The van der Waals surface area contributed by atoms with E-state index < -0.39 is 0 Å². The number of amides is 1. The lowest BCUT2D eigenvalue weighted by atomic mass is 10.2. The first kappa shape index (κ1) is 16.2. The summed E-state index contributed by atoms with van der Waals surface area (Å²) in [5.41, 5.74) is 1.05. The highest BCUT2D eigenvalue weighted by Crippen LogP contribution is 2.27. The van der Waals surface area contributed by atoms with Gasteiger partial charge in [-0.15, -0.1) is 0 Å². The lowest BCUT2D eigenvalue weighted by Gasteiger charge is -2.21. The minimum absolute atomic E-state index is 0.0576. The number of hydrogen-bond acceptors (Lipinski definition) is 4. The van der Waals surface area contributed by atoms with Gasteiger partial charge in [-0.05, 0) is 49.8 Å². The summed E-state index contributed by atoms with van der Waals surface area (Å²) < 4.78 is 0. The highest BCUT2D eigenvalue weighted by atomic mass is 16.1. The molecule has 2 fully saturated rings. The van der Waals surface area contributed by atoms with Crippen LogP contribution in [0.15, 0.2) is 18.3 Å². The SMILES string of the molecule is O=C(CNCC1CC1)NCc1ccc(N2CCCCCC2)nc1. The standard InChI is InChI=1S/C18H28N4O/c23-18(14-19-11-15-5-6-15)21-13-16-7-8-17(20-12-16)22-9-3-1-2-4-10-22/h7-8,12,15,19H,1-6,9-11,13-14H2,(H,21,23). The maximum Gasteiger partial charge on any atom is 0.234 e. The molecule has 1 aromatic heterocycles. The minimum atomic E-state index is 0.0576. The Bertz CT molecular complexity index is 490. The highest BCUT2D eigenvalue weighted by Gasteiger charge is 2.20. The summed E-state index contributed by atoms with van der Waals surface area (Å²) in [7, 11) is 0. The van der Waals surface area contributed by atoms with E-state index in [1.54, 1.807) is 0 Å². The van der Waals surface area contributed by atoms with Crippen LogP contribution in [0.5, 0.6) is 0 Å². The minimum Gasteiger partial charge on any atom is -0.357 e. The molecule has 0 bridgehead atoms. The van der Waals surface area contributed by atoms with Gasteiger partial charge in [0.05, 0.1) is 6.54 Å². The van der Waals surface area contributed by atoms with Gasteiger partial charge in [0, 0.05) is 25.8 Å². The lowest BCUT2D eigenvalue weighted by molar-refractivity contribution is -0.120. The molecule has 23 heavy (non-hydrogen) atoms. The largest absolute Gasteiger partial charge is 0.357 e. The van der Waals surface area contributed by atoms with Gasteiger partial charge in [0.25, 0.3) is 0 Å². The van der Waals surface area contributed by atoms with Crippen LogP contribution < -0.4 is 15.5 Å². The molecule has 126 valence electrons. The summed E-state index contributed by atoms with van der Waals surface area (Å²) in [4.78, 5) is 18.7. The van der Waals surface area contributed by atoms with Crippen LogP contribution in [-0.2, 0) is 11.3 Å². The van der Waals surface area contributed by atoms with Gasteiger partial charge in [-0.2, -0.15) is 0 Å². The molecule has 1 amide bonds. The molecule has 1 aromatic rings. The Morgan fingerprint density at radius 1 is 1.17 bits per heavy atom. The Balaban J connectivity index is 1.40. The quantitative estimate of drug-likeness (QED) is 0.808. The molecule has 1 saturated carbocycles. The van der Waals surface area contributed by atoms with E-state index in [-0.39, 0.29) is 5.91 Å². The van der Waals surface area contributed by atoms with Crippen molar-refractivity contribution in [3.63, 3.8) is 0 Å². The van der Waals surface area contributed by atoms with E-state index in [1.807, 2.05) is 6.20 Å². The molecule has 0 radical (unpaired) electrons. The summed E-state index contributed by atoms with van der Waals surface area (Å²) in [5.74, 6) is 1.92. The van der Waals surface area contributed by atoms with Gasteiger partial charge >= 0.3 is 0 Å². The van der Waals surface area contributed by atoms with E-state index in [0.29, 0.717) is 13.1 Å². The number of nitrogens with one attached hydrogen (secondary N) is 2. The van der Waals surface area contributed by atoms with E-state index in [9.17, 15) is 4.79 Å². The number of nitrogens with zero attached hydrogens (tertiary/aromatic N) is 2. The van der Waals surface area contributed by atoms with Crippen LogP contribution in [-0.4, -0.2) is 37.1 Å². The monoisotopic (exact) mass is 316 g/mol. The summed E-state index contributed by atoms with van der Waals surface area (Å²) in [6, 6.07) is 4.16.